The second-order valence-electron chi connectivity index (χ2n) is 12.7. The summed E-state index contributed by atoms with van der Waals surface area (Å²) in [5.74, 6) is 1.98. The van der Waals surface area contributed by atoms with Gasteiger partial charge in [0.25, 0.3) is 0 Å². The third kappa shape index (κ3) is 6.24. The normalized spacial score (nSPS) is 20.9. The highest BCUT2D eigenvalue weighted by atomic mass is 35.5. The van der Waals surface area contributed by atoms with Crippen LogP contribution in [0.5, 0.6) is 11.9 Å². The molecule has 1 aromatic heterocycles. The summed E-state index contributed by atoms with van der Waals surface area (Å²) in [5, 5.41) is 2.67. The van der Waals surface area contributed by atoms with Crippen molar-refractivity contribution in [3.05, 3.63) is 58.6 Å². The van der Waals surface area contributed by atoms with Crippen LogP contribution in [0.2, 0.25) is 5.02 Å². The number of piperazine rings is 1. The van der Waals surface area contributed by atoms with Crippen molar-refractivity contribution in [2.75, 3.05) is 44.7 Å². The lowest BCUT2D eigenvalue weighted by molar-refractivity contribution is 0.0158. The van der Waals surface area contributed by atoms with Gasteiger partial charge in [0.05, 0.1) is 5.56 Å². The van der Waals surface area contributed by atoms with Crippen molar-refractivity contribution >= 4 is 40.0 Å². The lowest BCUT2D eigenvalue weighted by Gasteiger charge is -2.41. The quantitative estimate of drug-likeness (QED) is 0.341. The molecule has 3 aliphatic heterocycles. The number of benzene rings is 2. The standard InChI is InChI=1S/C33H40ClN5O4/c1-21-19-38(17-18-39(21)32(40)43-33(2,3)4)29-25-14-15-27(24-12-6-9-22-10-7-13-26(34)28(22)24)42-30(25)36-31(35-29)41-20-23-11-8-16-37(23)5/h6-7,9-10,12-13,15,21,23H,8,11,14,16-20H2,1-5H3/t21-,23+/m1/s1. The molecular weight excluding hydrogens is 566 g/mol. The number of anilines is 1. The molecule has 2 fully saturated rings. The Morgan fingerprint density at radius 3 is 2.63 bits per heavy atom. The topological polar surface area (TPSA) is 80.3 Å². The van der Waals surface area contributed by atoms with Crippen LogP contribution in [0, 0.1) is 0 Å². The highest BCUT2D eigenvalue weighted by molar-refractivity contribution is 6.36. The van der Waals surface area contributed by atoms with Crippen LogP contribution in [0.25, 0.3) is 16.5 Å². The Balaban J connectivity index is 1.30. The summed E-state index contributed by atoms with van der Waals surface area (Å²) in [4.78, 5) is 28.9. The van der Waals surface area contributed by atoms with Crippen LogP contribution in [-0.4, -0.2) is 83.4 Å². The van der Waals surface area contributed by atoms with Gasteiger partial charge in [-0.1, -0.05) is 41.9 Å². The molecule has 10 heteroatoms. The van der Waals surface area contributed by atoms with E-state index in [1.54, 1.807) is 4.90 Å². The summed E-state index contributed by atoms with van der Waals surface area (Å²) >= 11 is 6.66. The molecule has 0 aliphatic carbocycles. The van der Waals surface area contributed by atoms with Gasteiger partial charge in [-0.15, -0.1) is 0 Å². The van der Waals surface area contributed by atoms with E-state index < -0.39 is 5.60 Å². The Hall–Kier alpha value is -3.56. The molecule has 0 saturated carbocycles. The fraction of sp³-hybridized carbons (Fsp3) is 0.485. The van der Waals surface area contributed by atoms with Gasteiger partial charge in [-0.2, -0.15) is 9.97 Å². The first kappa shape index (κ1) is 29.5. The van der Waals surface area contributed by atoms with Crippen molar-refractivity contribution < 1.29 is 19.0 Å². The number of halogens is 1. The largest absolute Gasteiger partial charge is 0.462 e. The van der Waals surface area contributed by atoms with Gasteiger partial charge in [0.15, 0.2) is 0 Å². The fourth-order valence-electron chi connectivity index (χ4n) is 6.13. The molecule has 228 valence electrons. The first-order valence-electron chi connectivity index (χ1n) is 15.1. The first-order valence-corrected chi connectivity index (χ1v) is 15.5. The highest BCUT2D eigenvalue weighted by Gasteiger charge is 2.34. The molecule has 3 aliphatic rings. The zero-order valence-electron chi connectivity index (χ0n) is 25.6. The molecule has 0 spiro atoms. The average molecular weight is 606 g/mol. The third-order valence-electron chi connectivity index (χ3n) is 8.38. The summed E-state index contributed by atoms with van der Waals surface area (Å²) < 4.78 is 18.4. The molecule has 2 aromatic carbocycles. The Kier molecular flexibility index (Phi) is 8.13. The monoisotopic (exact) mass is 605 g/mol. The minimum atomic E-state index is -0.547. The lowest BCUT2D eigenvalue weighted by atomic mass is 10.0. The Morgan fingerprint density at radius 1 is 1.12 bits per heavy atom. The molecule has 0 N–H and O–H groups in total. The van der Waals surface area contributed by atoms with Gasteiger partial charge in [-0.3, -0.25) is 0 Å². The van der Waals surface area contributed by atoms with Gasteiger partial charge in [0.2, 0.25) is 5.88 Å². The number of likely N-dealkylation sites (N-methyl/N-ethyl adjacent to an activating group) is 1. The maximum absolute atomic E-state index is 12.9. The number of likely N-dealkylation sites (tertiary alicyclic amines) is 1. The second kappa shape index (κ2) is 11.8. The molecule has 43 heavy (non-hydrogen) atoms. The third-order valence-corrected chi connectivity index (χ3v) is 8.69. The van der Waals surface area contributed by atoms with Crippen LogP contribution >= 0.6 is 11.6 Å². The number of rotatable bonds is 5. The number of ether oxygens (including phenoxy) is 3. The highest BCUT2D eigenvalue weighted by Crippen LogP contribution is 2.39. The first-order chi connectivity index (χ1) is 20.6. The van der Waals surface area contributed by atoms with Crippen LogP contribution in [0.3, 0.4) is 0 Å². The number of nitrogens with zero attached hydrogens (tertiary/aromatic N) is 5. The molecule has 0 unspecified atom stereocenters. The molecule has 4 heterocycles. The average Bonchev–Trinajstić information content (AvgIpc) is 3.38. The number of aromatic nitrogens is 2. The Labute approximate surface area is 258 Å². The van der Waals surface area contributed by atoms with E-state index in [1.807, 2.05) is 64.1 Å². The predicted octanol–water partition coefficient (Wildman–Crippen LogP) is 6.18. The van der Waals surface area contributed by atoms with Crippen LogP contribution < -0.4 is 14.4 Å². The van der Waals surface area contributed by atoms with E-state index in [1.165, 1.54) is 0 Å². The molecule has 2 atom stereocenters. The number of carbonyl (C=O) groups excluding carboxylic acids is 1. The van der Waals surface area contributed by atoms with Crippen LogP contribution in [0.15, 0.2) is 42.5 Å². The number of amides is 1. The zero-order valence-corrected chi connectivity index (χ0v) is 26.4. The van der Waals surface area contributed by atoms with E-state index in [4.69, 9.17) is 35.8 Å². The summed E-state index contributed by atoms with van der Waals surface area (Å²) in [5.41, 5.74) is 1.27. The van der Waals surface area contributed by atoms with Crippen LogP contribution in [-0.2, 0) is 11.2 Å². The van der Waals surface area contributed by atoms with E-state index >= 15 is 0 Å². The minimum absolute atomic E-state index is 0.0702. The van der Waals surface area contributed by atoms with Gasteiger partial charge in [-0.25, -0.2) is 4.79 Å². The minimum Gasteiger partial charge on any atom is -0.462 e. The fourth-order valence-corrected chi connectivity index (χ4v) is 6.41. The Bertz CT molecular complexity index is 1550. The smallest absolute Gasteiger partial charge is 0.410 e. The van der Waals surface area contributed by atoms with E-state index in [9.17, 15) is 4.79 Å². The summed E-state index contributed by atoms with van der Waals surface area (Å²) in [6.45, 7) is 11.0. The molecule has 9 nitrogen and oxygen atoms in total. The lowest BCUT2D eigenvalue weighted by Crippen LogP contribution is -2.55. The summed E-state index contributed by atoms with van der Waals surface area (Å²) in [6.07, 6.45) is 4.61. The van der Waals surface area contributed by atoms with Gasteiger partial charge in [0, 0.05) is 54.1 Å². The van der Waals surface area contributed by atoms with Gasteiger partial charge < -0.3 is 28.9 Å². The van der Waals surface area contributed by atoms with Gasteiger partial charge in [-0.05, 0) is 71.7 Å². The number of hydrogen-bond acceptors (Lipinski definition) is 8. The number of hydrogen-bond donors (Lipinski definition) is 0. The van der Waals surface area contributed by atoms with E-state index in [2.05, 4.69) is 22.9 Å². The van der Waals surface area contributed by atoms with Crippen molar-refractivity contribution in [1.29, 1.82) is 0 Å². The van der Waals surface area contributed by atoms with E-state index in [-0.39, 0.29) is 12.1 Å². The number of fused-ring (bicyclic) bond motifs is 2. The molecule has 6 rings (SSSR count). The summed E-state index contributed by atoms with van der Waals surface area (Å²) in [6, 6.07) is 12.5. The summed E-state index contributed by atoms with van der Waals surface area (Å²) in [7, 11) is 2.13. The van der Waals surface area contributed by atoms with Crippen molar-refractivity contribution in [3.63, 3.8) is 0 Å². The second-order valence-corrected chi connectivity index (χ2v) is 13.1. The SMILES string of the molecule is C[C@@H]1CN(c2nc(OC[C@@H]3CCCN3C)nc3c2CC=C(c2cccc4cccc(Cl)c24)O3)CCN1C(=O)OC(C)(C)C. The van der Waals surface area contributed by atoms with Gasteiger partial charge in [0.1, 0.15) is 23.8 Å². The van der Waals surface area contributed by atoms with Gasteiger partial charge >= 0.3 is 12.1 Å². The van der Waals surface area contributed by atoms with Crippen LogP contribution in [0.1, 0.15) is 51.7 Å². The van der Waals surface area contributed by atoms with E-state index in [0.717, 1.165) is 47.1 Å². The molecular formula is C33H40ClN5O4. The zero-order chi connectivity index (χ0) is 30.3. The van der Waals surface area contributed by atoms with Crippen molar-refractivity contribution in [2.45, 2.75) is 64.6 Å². The maximum Gasteiger partial charge on any atom is 0.410 e. The molecule has 2 saturated heterocycles. The molecule has 0 bridgehead atoms. The molecule has 0 radical (unpaired) electrons. The van der Waals surface area contributed by atoms with Crippen molar-refractivity contribution in [1.82, 2.24) is 19.8 Å². The van der Waals surface area contributed by atoms with E-state index in [0.29, 0.717) is 61.4 Å². The molecule has 3 aromatic rings. The molecule has 1 amide bonds. The van der Waals surface area contributed by atoms with Crippen molar-refractivity contribution in [2.24, 2.45) is 0 Å². The predicted molar refractivity (Wildman–Crippen MR) is 169 cm³/mol. The number of allylic oxidation sites excluding steroid dienone is 1. The van der Waals surface area contributed by atoms with Crippen molar-refractivity contribution in [3.8, 4) is 11.9 Å². The maximum atomic E-state index is 12.9. The number of carbonyl (C=O) groups is 1. The Morgan fingerprint density at radius 2 is 1.91 bits per heavy atom. The van der Waals surface area contributed by atoms with Crippen LogP contribution in [0.4, 0.5) is 10.6 Å².